The van der Waals surface area contributed by atoms with Gasteiger partial charge >= 0.3 is 0 Å². The molecule has 1 aromatic heterocycles. The normalized spacial score (nSPS) is 10.6. The van der Waals surface area contributed by atoms with Crippen LogP contribution in [0.3, 0.4) is 0 Å². The van der Waals surface area contributed by atoms with Crippen LogP contribution < -0.4 is 5.32 Å². The van der Waals surface area contributed by atoms with Crippen molar-refractivity contribution in [3.63, 3.8) is 0 Å². The molecule has 0 saturated heterocycles. The molecule has 0 aliphatic rings. The second-order valence-electron chi connectivity index (χ2n) is 3.93. The first-order chi connectivity index (χ1) is 8.28. The summed E-state index contributed by atoms with van der Waals surface area (Å²) < 4.78 is 0. The molecule has 1 aromatic carbocycles. The van der Waals surface area contributed by atoms with Crippen LogP contribution in [0, 0.1) is 0 Å². The molecule has 0 radical (unpaired) electrons. The number of benzene rings is 1. The van der Waals surface area contributed by atoms with E-state index in [0.29, 0.717) is 5.75 Å². The maximum absolute atomic E-state index is 9.20. The number of rotatable bonds is 5. The Hall–Kier alpha value is -1.39. The van der Waals surface area contributed by atoms with Gasteiger partial charge in [0.15, 0.2) is 0 Å². The molecule has 0 amide bonds. The van der Waals surface area contributed by atoms with Crippen LogP contribution in [0.4, 0.5) is 0 Å². The smallest absolute Gasteiger partial charge is 0.115 e. The Morgan fingerprint density at radius 1 is 1.29 bits per heavy atom. The summed E-state index contributed by atoms with van der Waals surface area (Å²) in [5.74, 6) is 0.308. The van der Waals surface area contributed by atoms with Gasteiger partial charge in [0.2, 0.25) is 0 Å². The number of likely N-dealkylation sites (N-methyl/N-ethyl adjacent to an activating group) is 1. The van der Waals surface area contributed by atoms with Crippen LogP contribution in [0.2, 0.25) is 0 Å². The summed E-state index contributed by atoms with van der Waals surface area (Å²) in [4.78, 5) is 4.58. The zero-order chi connectivity index (χ0) is 12.1. The minimum absolute atomic E-state index is 0.308. The van der Waals surface area contributed by atoms with Gasteiger partial charge in [0.05, 0.1) is 10.7 Å². The molecular weight excluding hydrogens is 232 g/mol. The first-order valence-corrected chi connectivity index (χ1v) is 6.51. The fourth-order valence-corrected chi connectivity index (χ4v) is 2.45. The summed E-state index contributed by atoms with van der Waals surface area (Å²) in [6, 6.07) is 7.30. The van der Waals surface area contributed by atoms with Crippen molar-refractivity contribution in [2.45, 2.75) is 12.8 Å². The molecule has 4 heteroatoms. The van der Waals surface area contributed by atoms with E-state index >= 15 is 0 Å². The van der Waals surface area contributed by atoms with Crippen molar-refractivity contribution >= 4 is 11.3 Å². The Bertz CT molecular complexity index is 465. The van der Waals surface area contributed by atoms with Crippen molar-refractivity contribution in [1.82, 2.24) is 10.3 Å². The lowest BCUT2D eigenvalue weighted by atomic mass is 10.1. The summed E-state index contributed by atoms with van der Waals surface area (Å²) in [5.41, 5.74) is 2.33. The van der Waals surface area contributed by atoms with Gasteiger partial charge in [-0.3, -0.25) is 0 Å². The van der Waals surface area contributed by atoms with Crippen LogP contribution in [0.25, 0.3) is 0 Å². The van der Waals surface area contributed by atoms with E-state index in [9.17, 15) is 5.11 Å². The molecule has 0 aliphatic carbocycles. The molecule has 2 rings (SSSR count). The fraction of sp³-hybridized carbons (Fsp3) is 0.308. The van der Waals surface area contributed by atoms with Crippen LogP contribution in [0.15, 0.2) is 29.6 Å². The highest BCUT2D eigenvalue weighted by molar-refractivity contribution is 7.09. The second-order valence-corrected chi connectivity index (χ2v) is 4.87. The van der Waals surface area contributed by atoms with E-state index < -0.39 is 0 Å². The third kappa shape index (κ3) is 3.54. The zero-order valence-electron chi connectivity index (χ0n) is 9.81. The van der Waals surface area contributed by atoms with Gasteiger partial charge in [-0.25, -0.2) is 4.98 Å². The monoisotopic (exact) mass is 248 g/mol. The average molecular weight is 248 g/mol. The molecule has 3 nitrogen and oxygen atoms in total. The van der Waals surface area contributed by atoms with Crippen molar-refractivity contribution < 1.29 is 5.11 Å². The van der Waals surface area contributed by atoms with Crippen molar-refractivity contribution in [2.75, 3.05) is 13.6 Å². The van der Waals surface area contributed by atoms with Gasteiger partial charge in [-0.05, 0) is 24.7 Å². The van der Waals surface area contributed by atoms with Crippen molar-refractivity contribution in [2.24, 2.45) is 0 Å². The van der Waals surface area contributed by atoms with Gasteiger partial charge in [-0.15, -0.1) is 11.3 Å². The maximum atomic E-state index is 9.20. The van der Waals surface area contributed by atoms with Gasteiger partial charge < -0.3 is 10.4 Å². The number of thiazole rings is 1. The van der Waals surface area contributed by atoms with Gasteiger partial charge in [0.25, 0.3) is 0 Å². The van der Waals surface area contributed by atoms with E-state index in [0.717, 1.165) is 30.1 Å². The predicted molar refractivity (Wildman–Crippen MR) is 70.7 cm³/mol. The quantitative estimate of drug-likeness (QED) is 0.852. The molecule has 0 aliphatic heterocycles. The number of nitrogens with zero attached hydrogens (tertiary/aromatic N) is 1. The fourth-order valence-electron chi connectivity index (χ4n) is 1.59. The number of nitrogens with one attached hydrogen (secondary N) is 1. The van der Waals surface area contributed by atoms with E-state index in [2.05, 4.69) is 15.7 Å². The lowest BCUT2D eigenvalue weighted by Crippen LogP contribution is -2.10. The van der Waals surface area contributed by atoms with E-state index in [1.807, 2.05) is 19.2 Å². The largest absolute Gasteiger partial charge is 0.508 e. The zero-order valence-corrected chi connectivity index (χ0v) is 10.6. The third-order valence-corrected chi connectivity index (χ3v) is 3.42. The van der Waals surface area contributed by atoms with Crippen LogP contribution >= 0.6 is 11.3 Å². The highest BCUT2D eigenvalue weighted by Gasteiger charge is 2.03. The van der Waals surface area contributed by atoms with Crippen molar-refractivity contribution in [3.05, 3.63) is 45.9 Å². The van der Waals surface area contributed by atoms with Gasteiger partial charge in [-0.1, -0.05) is 12.1 Å². The Morgan fingerprint density at radius 3 is 2.76 bits per heavy atom. The number of aromatic hydroxyl groups is 1. The van der Waals surface area contributed by atoms with Crippen LogP contribution in [-0.2, 0) is 12.8 Å². The van der Waals surface area contributed by atoms with Crippen LogP contribution in [-0.4, -0.2) is 23.7 Å². The van der Waals surface area contributed by atoms with E-state index in [1.54, 1.807) is 23.5 Å². The first kappa shape index (κ1) is 12.1. The summed E-state index contributed by atoms with van der Waals surface area (Å²) in [6.07, 6.45) is 1.81. The standard InChI is InChI=1S/C13H16N2OS/c1-14-7-6-11-9-17-13(15-11)8-10-2-4-12(16)5-3-10/h2-5,9,14,16H,6-8H2,1H3. The second kappa shape index (κ2) is 5.80. The van der Waals surface area contributed by atoms with Gasteiger partial charge in [0, 0.05) is 24.8 Å². The molecule has 0 bridgehead atoms. The Kier molecular flexibility index (Phi) is 4.12. The first-order valence-electron chi connectivity index (χ1n) is 5.63. The molecule has 0 fully saturated rings. The number of phenolic OH excluding ortho intramolecular Hbond substituents is 1. The molecule has 17 heavy (non-hydrogen) atoms. The topological polar surface area (TPSA) is 45.1 Å². The number of hydrogen-bond donors (Lipinski definition) is 2. The molecule has 0 saturated carbocycles. The molecule has 0 atom stereocenters. The SMILES string of the molecule is CNCCc1csc(Cc2ccc(O)cc2)n1. The minimum atomic E-state index is 0.308. The molecule has 90 valence electrons. The number of aromatic nitrogens is 1. The highest BCUT2D eigenvalue weighted by atomic mass is 32.1. The van der Waals surface area contributed by atoms with E-state index in [4.69, 9.17) is 0 Å². The van der Waals surface area contributed by atoms with Gasteiger partial charge in [-0.2, -0.15) is 0 Å². The number of phenols is 1. The molecule has 0 unspecified atom stereocenters. The lowest BCUT2D eigenvalue weighted by molar-refractivity contribution is 0.475. The van der Waals surface area contributed by atoms with Crippen molar-refractivity contribution in [3.8, 4) is 5.75 Å². The Labute approximate surface area is 105 Å². The molecule has 2 N–H and O–H groups in total. The third-order valence-electron chi connectivity index (χ3n) is 2.52. The summed E-state index contributed by atoms with van der Waals surface area (Å²) >= 11 is 1.70. The molecule has 1 heterocycles. The highest BCUT2D eigenvalue weighted by Crippen LogP contribution is 2.17. The minimum Gasteiger partial charge on any atom is -0.508 e. The number of hydrogen-bond acceptors (Lipinski definition) is 4. The van der Waals surface area contributed by atoms with Crippen LogP contribution in [0.1, 0.15) is 16.3 Å². The Balaban J connectivity index is 1.98. The van der Waals surface area contributed by atoms with E-state index in [1.165, 1.54) is 5.56 Å². The maximum Gasteiger partial charge on any atom is 0.115 e. The average Bonchev–Trinajstić information content (AvgIpc) is 2.77. The van der Waals surface area contributed by atoms with Crippen molar-refractivity contribution in [1.29, 1.82) is 0 Å². The summed E-state index contributed by atoms with van der Waals surface area (Å²) in [5, 5.41) is 15.6. The molecular formula is C13H16N2OS. The summed E-state index contributed by atoms with van der Waals surface area (Å²) in [7, 11) is 1.95. The molecule has 2 aromatic rings. The van der Waals surface area contributed by atoms with E-state index in [-0.39, 0.29) is 0 Å². The predicted octanol–water partition coefficient (Wildman–Crippen LogP) is 2.20. The van der Waals surface area contributed by atoms with Gasteiger partial charge in [0.1, 0.15) is 5.75 Å². The lowest BCUT2D eigenvalue weighted by Gasteiger charge is -1.98. The van der Waals surface area contributed by atoms with Crippen LogP contribution in [0.5, 0.6) is 5.75 Å². The summed E-state index contributed by atoms with van der Waals surface area (Å²) in [6.45, 7) is 0.961. The Morgan fingerprint density at radius 2 is 2.06 bits per heavy atom. The molecule has 0 spiro atoms.